The van der Waals surface area contributed by atoms with Gasteiger partial charge in [-0.15, -0.1) is 0 Å². The highest BCUT2D eigenvalue weighted by molar-refractivity contribution is 5.95. The molecule has 0 aromatic heterocycles. The molecule has 0 heterocycles. The van der Waals surface area contributed by atoms with Crippen molar-refractivity contribution in [3.8, 4) is 0 Å². The van der Waals surface area contributed by atoms with E-state index in [9.17, 15) is 29.1 Å². The van der Waals surface area contributed by atoms with Gasteiger partial charge in [-0.25, -0.2) is 4.79 Å². The van der Waals surface area contributed by atoms with Gasteiger partial charge in [-0.2, -0.15) is 0 Å². The highest BCUT2D eigenvalue weighted by Gasteiger charge is 2.36. The minimum atomic E-state index is -1.13. The molecule has 0 aliphatic rings. The number of hydrogen-bond donors (Lipinski definition) is 5. The molecule has 0 aromatic rings. The van der Waals surface area contributed by atoms with Gasteiger partial charge in [-0.1, -0.05) is 69.2 Å². The van der Waals surface area contributed by atoms with Crippen molar-refractivity contribution in [1.29, 1.82) is 0 Å². The molecule has 0 saturated heterocycles. The van der Waals surface area contributed by atoms with Crippen LogP contribution in [0.1, 0.15) is 101 Å². The van der Waals surface area contributed by atoms with Crippen molar-refractivity contribution in [2.45, 2.75) is 132 Å². The molecule has 0 bridgehead atoms. The van der Waals surface area contributed by atoms with Gasteiger partial charge in [0, 0.05) is 7.05 Å². The first kappa shape index (κ1) is 40.3. The Balaban J connectivity index is 6.12. The molecule has 0 spiro atoms. The van der Waals surface area contributed by atoms with Gasteiger partial charge in [-0.3, -0.25) is 19.2 Å². The lowest BCUT2D eigenvalue weighted by atomic mass is 9.97. The lowest BCUT2D eigenvalue weighted by molar-refractivity contribution is -0.146. The van der Waals surface area contributed by atoms with E-state index in [0.29, 0.717) is 25.7 Å². The Morgan fingerprint density at radius 2 is 0.884 bits per heavy atom. The number of carboxylic acids is 1. The highest BCUT2D eigenvalue weighted by Crippen LogP contribution is 2.17. The van der Waals surface area contributed by atoms with Crippen LogP contribution < -0.4 is 21.3 Å². The van der Waals surface area contributed by atoms with Crippen LogP contribution in [0.2, 0.25) is 0 Å². The first-order chi connectivity index (χ1) is 19.8. The first-order valence-corrected chi connectivity index (χ1v) is 15.9. The summed E-state index contributed by atoms with van der Waals surface area (Å²) >= 11 is 0. The third kappa shape index (κ3) is 15.6. The van der Waals surface area contributed by atoms with Gasteiger partial charge in [0.1, 0.15) is 24.2 Å². The number of rotatable bonds is 20. The molecule has 250 valence electrons. The molecule has 0 rings (SSSR count). The zero-order chi connectivity index (χ0) is 33.6. The number of aliphatic carboxylic acids is 1. The predicted molar refractivity (Wildman–Crippen MR) is 170 cm³/mol. The fraction of sp³-hybridized carbons (Fsp3) is 0.844. The van der Waals surface area contributed by atoms with Gasteiger partial charge in [0.15, 0.2) is 0 Å². The lowest BCUT2D eigenvalue weighted by Gasteiger charge is -2.34. The number of amides is 4. The van der Waals surface area contributed by atoms with Gasteiger partial charge >= 0.3 is 5.97 Å². The van der Waals surface area contributed by atoms with Crippen LogP contribution >= 0.6 is 0 Å². The van der Waals surface area contributed by atoms with Crippen LogP contribution in [0, 0.1) is 29.6 Å². The molecule has 0 fully saturated rings. The van der Waals surface area contributed by atoms with E-state index in [1.54, 1.807) is 7.05 Å². The van der Waals surface area contributed by atoms with E-state index < -0.39 is 53.9 Å². The van der Waals surface area contributed by atoms with Crippen LogP contribution in [0.15, 0.2) is 0 Å². The second-order valence-electron chi connectivity index (χ2n) is 14.0. The van der Waals surface area contributed by atoms with Crippen LogP contribution in [-0.2, 0) is 24.0 Å². The monoisotopic (exact) mass is 611 g/mol. The maximum Gasteiger partial charge on any atom is 0.326 e. The molecule has 0 saturated carbocycles. The van der Waals surface area contributed by atoms with Crippen molar-refractivity contribution in [1.82, 2.24) is 26.2 Å². The van der Waals surface area contributed by atoms with E-state index in [0.717, 1.165) is 0 Å². The Hall–Kier alpha value is -2.69. The van der Waals surface area contributed by atoms with E-state index in [1.165, 1.54) is 11.9 Å². The van der Waals surface area contributed by atoms with Crippen LogP contribution in [0.3, 0.4) is 0 Å². The van der Waals surface area contributed by atoms with E-state index in [4.69, 9.17) is 0 Å². The number of hydrogen-bond acceptors (Lipinski definition) is 6. The maximum atomic E-state index is 13.9. The Morgan fingerprint density at radius 1 is 0.535 bits per heavy atom. The average molecular weight is 612 g/mol. The average Bonchev–Trinajstić information content (AvgIpc) is 2.86. The Bertz CT molecular complexity index is 905. The van der Waals surface area contributed by atoms with Crippen LogP contribution in [0.5, 0.6) is 0 Å². The van der Waals surface area contributed by atoms with Crippen LogP contribution in [-0.4, -0.2) is 83.9 Å². The van der Waals surface area contributed by atoms with Gasteiger partial charge in [0.05, 0.1) is 6.04 Å². The maximum absolute atomic E-state index is 13.9. The van der Waals surface area contributed by atoms with E-state index in [2.05, 4.69) is 21.3 Å². The standard InChI is InChI=1S/C32H61N5O6/c1-18(2)13-23(33-11)28(38)34-24(14-19(3)4)29(39)35-25(15-20(5)6)31(41)37(12)27(17-22(9)10)30(40)36-26(32(42)43)16-21(7)8/h18-27,33H,13-17H2,1-12H3,(H,34,38)(H,35,39)(H,36,40)(H,42,43)/t23-,24-,25+,26-,27-/m1/s1. The van der Waals surface area contributed by atoms with Crippen molar-refractivity contribution < 1.29 is 29.1 Å². The second kappa shape index (κ2) is 19.6. The van der Waals surface area contributed by atoms with Crippen LogP contribution in [0.25, 0.3) is 0 Å². The highest BCUT2D eigenvalue weighted by atomic mass is 16.4. The quantitative estimate of drug-likeness (QED) is 0.142. The number of nitrogens with one attached hydrogen (secondary N) is 4. The third-order valence-corrected chi connectivity index (χ3v) is 7.17. The molecule has 5 atom stereocenters. The third-order valence-electron chi connectivity index (χ3n) is 7.17. The lowest BCUT2D eigenvalue weighted by Crippen LogP contribution is -2.59. The zero-order valence-electron chi connectivity index (χ0n) is 28.7. The summed E-state index contributed by atoms with van der Waals surface area (Å²) in [6.07, 6.45) is 1.89. The number of nitrogens with zero attached hydrogens (tertiary/aromatic N) is 1. The predicted octanol–water partition coefficient (Wildman–Crippen LogP) is 3.17. The molecule has 43 heavy (non-hydrogen) atoms. The summed E-state index contributed by atoms with van der Waals surface area (Å²) in [6.45, 7) is 19.4. The summed E-state index contributed by atoms with van der Waals surface area (Å²) in [5.41, 5.74) is 0. The van der Waals surface area contributed by atoms with Gasteiger partial charge in [-0.05, 0) is 68.7 Å². The molecule has 0 aliphatic heterocycles. The zero-order valence-corrected chi connectivity index (χ0v) is 28.7. The molecule has 0 radical (unpaired) electrons. The molecule has 0 unspecified atom stereocenters. The number of carboxylic acid groups (broad SMARTS) is 1. The Labute approximate surface area is 260 Å². The smallest absolute Gasteiger partial charge is 0.326 e. The number of likely N-dealkylation sites (N-methyl/N-ethyl adjacent to an activating group) is 2. The largest absolute Gasteiger partial charge is 0.480 e. The number of carbonyl (C=O) groups excluding carboxylic acids is 4. The SMILES string of the molecule is CN[C@H](CC(C)C)C(=O)N[C@H](CC(C)C)C(=O)N[C@@H](CC(C)C)C(=O)N(C)[C@H](CC(C)C)C(=O)N[C@H](CC(C)C)C(=O)O. The molecule has 0 aliphatic carbocycles. The summed E-state index contributed by atoms with van der Waals surface area (Å²) in [4.78, 5) is 67.1. The van der Waals surface area contributed by atoms with Gasteiger partial charge in [0.25, 0.3) is 0 Å². The molecule has 11 nitrogen and oxygen atoms in total. The van der Waals surface area contributed by atoms with E-state index in [-0.39, 0.29) is 41.9 Å². The fourth-order valence-electron chi connectivity index (χ4n) is 5.02. The normalized spacial score (nSPS) is 15.3. The topological polar surface area (TPSA) is 157 Å². The summed E-state index contributed by atoms with van der Waals surface area (Å²) in [5, 5.41) is 21.1. The first-order valence-electron chi connectivity index (χ1n) is 15.9. The fourth-order valence-corrected chi connectivity index (χ4v) is 5.02. The van der Waals surface area contributed by atoms with E-state index in [1.807, 2.05) is 69.2 Å². The Morgan fingerprint density at radius 3 is 1.30 bits per heavy atom. The summed E-state index contributed by atoms with van der Waals surface area (Å²) in [7, 11) is 3.23. The summed E-state index contributed by atoms with van der Waals surface area (Å²) < 4.78 is 0. The summed E-state index contributed by atoms with van der Waals surface area (Å²) in [6, 6.07) is -4.23. The molecular weight excluding hydrogens is 550 g/mol. The van der Waals surface area contributed by atoms with Gasteiger partial charge < -0.3 is 31.3 Å². The van der Waals surface area contributed by atoms with Crippen molar-refractivity contribution in [2.24, 2.45) is 29.6 Å². The molecular formula is C32H61N5O6. The minimum Gasteiger partial charge on any atom is -0.480 e. The van der Waals surface area contributed by atoms with Crippen molar-refractivity contribution >= 4 is 29.6 Å². The molecule has 11 heteroatoms. The number of carbonyl (C=O) groups is 5. The Kier molecular flexibility index (Phi) is 18.3. The van der Waals surface area contributed by atoms with Crippen molar-refractivity contribution in [3.63, 3.8) is 0 Å². The molecule has 5 N–H and O–H groups in total. The van der Waals surface area contributed by atoms with Crippen LogP contribution in [0.4, 0.5) is 0 Å². The van der Waals surface area contributed by atoms with Gasteiger partial charge in [0.2, 0.25) is 23.6 Å². The molecule has 4 amide bonds. The minimum absolute atomic E-state index is 0.0362. The van der Waals surface area contributed by atoms with E-state index >= 15 is 0 Å². The molecule has 0 aromatic carbocycles. The van der Waals surface area contributed by atoms with Crippen molar-refractivity contribution in [2.75, 3.05) is 14.1 Å². The second-order valence-corrected chi connectivity index (χ2v) is 14.0. The van der Waals surface area contributed by atoms with Crippen molar-refractivity contribution in [3.05, 3.63) is 0 Å². The summed E-state index contributed by atoms with van der Waals surface area (Å²) in [5.74, 6) is -2.35.